The van der Waals surface area contributed by atoms with Gasteiger partial charge in [-0.25, -0.2) is 0 Å². The molecule has 0 aromatic heterocycles. The third-order valence-corrected chi connectivity index (χ3v) is 4.20. The lowest BCUT2D eigenvalue weighted by Crippen LogP contribution is -2.38. The van der Waals surface area contributed by atoms with Crippen molar-refractivity contribution in [3.63, 3.8) is 0 Å². The van der Waals surface area contributed by atoms with Crippen molar-refractivity contribution in [3.8, 4) is 0 Å². The van der Waals surface area contributed by atoms with Crippen LogP contribution >= 0.6 is 38.5 Å². The molecule has 96 valence electrons. The summed E-state index contributed by atoms with van der Waals surface area (Å²) in [6.07, 6.45) is 1.34. The fourth-order valence-corrected chi connectivity index (χ4v) is 2.75. The lowest BCUT2D eigenvalue weighted by molar-refractivity contribution is -0.119. The van der Waals surface area contributed by atoms with Gasteiger partial charge in [-0.2, -0.15) is 0 Å². The summed E-state index contributed by atoms with van der Waals surface area (Å²) in [5, 5.41) is 5.67. The molecule has 1 atom stereocenters. The van der Waals surface area contributed by atoms with Crippen LogP contribution in [0.1, 0.15) is 23.2 Å². The van der Waals surface area contributed by atoms with E-state index >= 15 is 0 Å². The second kappa shape index (κ2) is 6.01. The van der Waals surface area contributed by atoms with Gasteiger partial charge in [0, 0.05) is 27.1 Å². The molecular weight excluding hydrogens is 411 g/mol. The van der Waals surface area contributed by atoms with Crippen LogP contribution < -0.4 is 10.6 Å². The minimum atomic E-state index is -0.109. The van der Waals surface area contributed by atoms with E-state index in [1.165, 1.54) is 0 Å². The molecule has 1 unspecified atom stereocenters. The molecule has 1 aliphatic rings. The van der Waals surface area contributed by atoms with Gasteiger partial charge in [0.15, 0.2) is 0 Å². The molecule has 2 amide bonds. The van der Waals surface area contributed by atoms with Gasteiger partial charge in [0.25, 0.3) is 5.91 Å². The van der Waals surface area contributed by atoms with Crippen LogP contribution in [0.4, 0.5) is 0 Å². The molecule has 2 N–H and O–H groups in total. The predicted molar refractivity (Wildman–Crippen MR) is 80.4 cm³/mol. The first-order valence-electron chi connectivity index (χ1n) is 5.59. The smallest absolute Gasteiger partial charge is 0.252 e. The van der Waals surface area contributed by atoms with Gasteiger partial charge in [-0.15, -0.1) is 0 Å². The number of carbonyl (C=O) groups excluding carboxylic acids is 2. The maximum atomic E-state index is 12.0. The molecule has 0 aliphatic carbocycles. The fourth-order valence-electron chi connectivity index (χ4n) is 1.81. The van der Waals surface area contributed by atoms with Gasteiger partial charge in [-0.3, -0.25) is 9.59 Å². The Morgan fingerprint density at radius 2 is 2.33 bits per heavy atom. The Bertz CT molecular complexity index is 493. The van der Waals surface area contributed by atoms with Crippen molar-refractivity contribution in [2.75, 3.05) is 6.54 Å². The number of hydrogen-bond acceptors (Lipinski definition) is 2. The maximum Gasteiger partial charge on any atom is 0.252 e. The van der Waals surface area contributed by atoms with Crippen molar-refractivity contribution in [2.24, 2.45) is 0 Å². The summed E-state index contributed by atoms with van der Waals surface area (Å²) in [4.78, 5) is 23.0. The molecule has 0 radical (unpaired) electrons. The first kappa shape index (κ1) is 13.8. The summed E-state index contributed by atoms with van der Waals surface area (Å²) in [5.74, 6) is -0.0480. The number of amides is 2. The molecule has 0 spiro atoms. The van der Waals surface area contributed by atoms with Crippen molar-refractivity contribution in [1.29, 1.82) is 0 Å². The zero-order valence-electron chi connectivity index (χ0n) is 9.50. The Hall–Kier alpha value is -0.630. The number of nitrogens with one attached hydrogen (secondary N) is 2. The Morgan fingerprint density at radius 3 is 3.00 bits per heavy atom. The van der Waals surface area contributed by atoms with Crippen molar-refractivity contribution < 1.29 is 9.59 Å². The molecule has 4 nitrogen and oxygen atoms in total. The average molecular weight is 423 g/mol. The minimum absolute atomic E-state index is 0.0614. The molecule has 0 bridgehead atoms. The van der Waals surface area contributed by atoms with E-state index in [9.17, 15) is 9.59 Å². The van der Waals surface area contributed by atoms with Crippen LogP contribution in [-0.4, -0.2) is 24.4 Å². The number of benzene rings is 1. The van der Waals surface area contributed by atoms with Crippen molar-refractivity contribution in [3.05, 3.63) is 31.8 Å². The molecule has 1 aliphatic heterocycles. The molecule has 1 heterocycles. The van der Waals surface area contributed by atoms with Gasteiger partial charge in [0.05, 0.1) is 5.56 Å². The summed E-state index contributed by atoms with van der Waals surface area (Å²) in [6, 6.07) is 5.64. The monoisotopic (exact) mass is 422 g/mol. The number of halogens is 2. The largest absolute Gasteiger partial charge is 0.352 e. The highest BCUT2D eigenvalue weighted by atomic mass is 127. The SMILES string of the molecule is O=C1CCC(CNC(=O)c2cc(Br)ccc2I)N1. The van der Waals surface area contributed by atoms with Crippen LogP contribution in [0.5, 0.6) is 0 Å². The summed E-state index contributed by atoms with van der Waals surface area (Å²) < 4.78 is 1.78. The fraction of sp³-hybridized carbons (Fsp3) is 0.333. The third kappa shape index (κ3) is 3.44. The molecule has 6 heteroatoms. The molecule has 1 aromatic rings. The second-order valence-electron chi connectivity index (χ2n) is 4.14. The molecular formula is C12H12BrIN2O2. The van der Waals surface area contributed by atoms with Crippen molar-refractivity contribution >= 4 is 50.3 Å². The zero-order valence-corrected chi connectivity index (χ0v) is 13.2. The minimum Gasteiger partial charge on any atom is -0.352 e. The van der Waals surface area contributed by atoms with E-state index in [1.54, 1.807) is 6.07 Å². The quantitative estimate of drug-likeness (QED) is 0.732. The first-order chi connectivity index (χ1) is 8.56. The Morgan fingerprint density at radius 1 is 1.56 bits per heavy atom. The second-order valence-corrected chi connectivity index (χ2v) is 6.22. The van der Waals surface area contributed by atoms with Crippen molar-refractivity contribution in [1.82, 2.24) is 10.6 Å². The van der Waals surface area contributed by atoms with Crippen molar-refractivity contribution in [2.45, 2.75) is 18.9 Å². The van der Waals surface area contributed by atoms with E-state index in [4.69, 9.17) is 0 Å². The molecule has 1 saturated heterocycles. The molecule has 0 saturated carbocycles. The Balaban J connectivity index is 1.95. The third-order valence-electron chi connectivity index (χ3n) is 2.77. The predicted octanol–water partition coefficient (Wildman–Crippen LogP) is 2.06. The highest BCUT2D eigenvalue weighted by molar-refractivity contribution is 14.1. The normalized spacial score (nSPS) is 18.6. The lowest BCUT2D eigenvalue weighted by Gasteiger charge is -2.12. The zero-order chi connectivity index (χ0) is 13.1. The van der Waals surface area contributed by atoms with E-state index < -0.39 is 0 Å². The average Bonchev–Trinajstić information content (AvgIpc) is 2.75. The van der Waals surface area contributed by atoms with Crippen LogP contribution in [0.2, 0.25) is 0 Å². The highest BCUT2D eigenvalue weighted by Gasteiger charge is 2.21. The topological polar surface area (TPSA) is 58.2 Å². The molecule has 1 aromatic carbocycles. The highest BCUT2D eigenvalue weighted by Crippen LogP contribution is 2.18. The Kier molecular flexibility index (Phi) is 4.60. The van der Waals surface area contributed by atoms with Gasteiger partial charge in [-0.1, -0.05) is 15.9 Å². The Labute approximate surface area is 127 Å². The van der Waals surface area contributed by atoms with Crippen LogP contribution in [0.3, 0.4) is 0 Å². The summed E-state index contributed by atoms with van der Waals surface area (Å²) in [7, 11) is 0. The van der Waals surface area contributed by atoms with E-state index in [0.29, 0.717) is 18.5 Å². The van der Waals surface area contributed by atoms with Gasteiger partial charge in [0.2, 0.25) is 5.91 Å². The van der Waals surface area contributed by atoms with Gasteiger partial charge >= 0.3 is 0 Å². The number of hydrogen-bond donors (Lipinski definition) is 2. The number of rotatable bonds is 3. The van der Waals surface area contributed by atoms with Gasteiger partial charge < -0.3 is 10.6 Å². The van der Waals surface area contributed by atoms with Gasteiger partial charge in [0.1, 0.15) is 0 Å². The standard InChI is InChI=1S/C12H12BrIN2O2/c13-7-1-3-10(14)9(5-7)12(18)15-6-8-2-4-11(17)16-8/h1,3,5,8H,2,4,6H2,(H,15,18)(H,16,17). The lowest BCUT2D eigenvalue weighted by atomic mass is 10.2. The van der Waals surface area contributed by atoms with E-state index in [-0.39, 0.29) is 17.9 Å². The van der Waals surface area contributed by atoms with E-state index in [2.05, 4.69) is 49.2 Å². The molecule has 18 heavy (non-hydrogen) atoms. The van der Waals surface area contributed by atoms with Crippen LogP contribution in [0.15, 0.2) is 22.7 Å². The van der Waals surface area contributed by atoms with Crippen LogP contribution in [0, 0.1) is 3.57 Å². The van der Waals surface area contributed by atoms with E-state index in [0.717, 1.165) is 14.5 Å². The first-order valence-corrected chi connectivity index (χ1v) is 7.46. The van der Waals surface area contributed by atoms with Crippen LogP contribution in [0.25, 0.3) is 0 Å². The van der Waals surface area contributed by atoms with E-state index in [1.807, 2.05) is 12.1 Å². The van der Waals surface area contributed by atoms with Crippen LogP contribution in [-0.2, 0) is 4.79 Å². The number of carbonyl (C=O) groups is 2. The van der Waals surface area contributed by atoms with Gasteiger partial charge in [-0.05, 0) is 47.2 Å². The summed E-state index contributed by atoms with van der Waals surface area (Å²) in [5.41, 5.74) is 0.647. The molecule has 1 fully saturated rings. The summed E-state index contributed by atoms with van der Waals surface area (Å²) >= 11 is 5.48. The molecule has 2 rings (SSSR count). The summed E-state index contributed by atoms with van der Waals surface area (Å²) in [6.45, 7) is 0.479. The maximum absolute atomic E-state index is 12.0.